The number of carbonyl (C=O) groups is 1. The number of amides is 1. The highest BCUT2D eigenvalue weighted by atomic mass is 16.6. The molecule has 112 valence electrons. The molecule has 1 heterocycles. The molecular weight excluding hydrogens is 256 g/mol. The first kappa shape index (κ1) is 14.7. The molecule has 2 unspecified atom stereocenters. The molecule has 0 spiro atoms. The average molecular weight is 280 g/mol. The van der Waals surface area contributed by atoms with E-state index < -0.39 is 5.60 Å². The predicted molar refractivity (Wildman–Crippen MR) is 77.6 cm³/mol. The fourth-order valence-electron chi connectivity index (χ4n) is 2.54. The Balaban J connectivity index is 1.78. The molecule has 0 aromatic carbocycles. The summed E-state index contributed by atoms with van der Waals surface area (Å²) in [5, 5.41) is 13.0. The number of rotatable bonds is 4. The van der Waals surface area contributed by atoms with Crippen LogP contribution in [0.5, 0.6) is 0 Å². The van der Waals surface area contributed by atoms with E-state index in [4.69, 9.17) is 4.74 Å². The Labute approximate surface area is 119 Å². The third-order valence-electron chi connectivity index (χ3n) is 3.42. The van der Waals surface area contributed by atoms with Gasteiger partial charge < -0.3 is 15.4 Å². The summed E-state index contributed by atoms with van der Waals surface area (Å²) in [5.41, 5.74) is 0.549. The molecule has 1 fully saturated rings. The van der Waals surface area contributed by atoms with Crippen LogP contribution < -0.4 is 10.6 Å². The van der Waals surface area contributed by atoms with Gasteiger partial charge >= 0.3 is 6.09 Å². The number of alkyl carbamates (subject to hydrolysis) is 1. The Kier molecular flexibility index (Phi) is 4.52. The van der Waals surface area contributed by atoms with Gasteiger partial charge in [0.05, 0.1) is 11.9 Å². The average Bonchev–Trinajstić information content (AvgIpc) is 2.96. The molecule has 0 saturated heterocycles. The van der Waals surface area contributed by atoms with Crippen LogP contribution >= 0.6 is 0 Å². The van der Waals surface area contributed by atoms with Crippen molar-refractivity contribution in [3.05, 3.63) is 12.4 Å². The van der Waals surface area contributed by atoms with Gasteiger partial charge in [0.1, 0.15) is 5.60 Å². The van der Waals surface area contributed by atoms with Gasteiger partial charge in [-0.1, -0.05) is 6.42 Å². The normalized spacial score (nSPS) is 22.6. The largest absolute Gasteiger partial charge is 0.444 e. The molecule has 1 aromatic rings. The topological polar surface area (TPSA) is 79.0 Å². The minimum Gasteiger partial charge on any atom is -0.444 e. The Hall–Kier alpha value is -1.72. The zero-order chi connectivity index (χ0) is 14.6. The lowest BCUT2D eigenvalue weighted by atomic mass is 10.0. The van der Waals surface area contributed by atoms with Crippen molar-refractivity contribution >= 4 is 11.8 Å². The first-order valence-electron chi connectivity index (χ1n) is 7.16. The zero-order valence-electron chi connectivity index (χ0n) is 12.4. The lowest BCUT2D eigenvalue weighted by molar-refractivity contribution is 0.0519. The van der Waals surface area contributed by atoms with Gasteiger partial charge in [-0.3, -0.25) is 5.10 Å². The van der Waals surface area contributed by atoms with Crippen LogP contribution in [0.1, 0.15) is 40.0 Å². The number of carbonyl (C=O) groups excluding carboxylic acids is 1. The summed E-state index contributed by atoms with van der Waals surface area (Å²) in [6.07, 6.45) is 6.69. The Morgan fingerprint density at radius 3 is 2.95 bits per heavy atom. The quantitative estimate of drug-likeness (QED) is 0.792. The number of H-pyrrole nitrogens is 1. The molecule has 1 aromatic heterocycles. The summed E-state index contributed by atoms with van der Waals surface area (Å²) in [6, 6.07) is 0.377. The minimum atomic E-state index is -0.450. The summed E-state index contributed by atoms with van der Waals surface area (Å²) in [4.78, 5) is 11.7. The molecule has 0 bridgehead atoms. The number of hydrogen-bond donors (Lipinski definition) is 3. The van der Waals surface area contributed by atoms with Crippen molar-refractivity contribution in [3.8, 4) is 0 Å². The Morgan fingerprint density at radius 2 is 2.30 bits per heavy atom. The van der Waals surface area contributed by atoms with E-state index in [1.165, 1.54) is 6.42 Å². The van der Waals surface area contributed by atoms with Gasteiger partial charge in [0.15, 0.2) is 0 Å². The molecule has 2 rings (SSSR count). The summed E-state index contributed by atoms with van der Waals surface area (Å²) in [6.45, 7) is 6.24. The Morgan fingerprint density at radius 1 is 1.50 bits per heavy atom. The SMILES string of the molecule is CC(C)(C)OC(=O)NCC1CCCC1Nc1cn[nH]c1. The van der Waals surface area contributed by atoms with E-state index in [0.29, 0.717) is 18.5 Å². The van der Waals surface area contributed by atoms with Gasteiger partial charge in [-0.05, 0) is 39.5 Å². The van der Waals surface area contributed by atoms with Crippen LogP contribution in [0.25, 0.3) is 0 Å². The molecule has 2 atom stereocenters. The van der Waals surface area contributed by atoms with Crippen LogP contribution in [0.3, 0.4) is 0 Å². The number of ether oxygens (including phenoxy) is 1. The fourth-order valence-corrected chi connectivity index (χ4v) is 2.54. The van der Waals surface area contributed by atoms with Crippen LogP contribution in [0, 0.1) is 5.92 Å². The van der Waals surface area contributed by atoms with Crippen molar-refractivity contribution < 1.29 is 9.53 Å². The third kappa shape index (κ3) is 4.43. The minimum absolute atomic E-state index is 0.341. The lowest BCUT2D eigenvalue weighted by Gasteiger charge is -2.23. The molecule has 6 heteroatoms. The predicted octanol–water partition coefficient (Wildman–Crippen LogP) is 2.52. The van der Waals surface area contributed by atoms with Gasteiger partial charge in [0.2, 0.25) is 0 Å². The number of nitrogens with one attached hydrogen (secondary N) is 3. The lowest BCUT2D eigenvalue weighted by Crippen LogP contribution is -2.38. The maximum atomic E-state index is 11.7. The molecule has 6 nitrogen and oxygen atoms in total. The number of aromatic amines is 1. The maximum absolute atomic E-state index is 11.7. The number of aromatic nitrogens is 2. The molecule has 3 N–H and O–H groups in total. The highest BCUT2D eigenvalue weighted by Gasteiger charge is 2.28. The van der Waals surface area contributed by atoms with Crippen LogP contribution in [-0.2, 0) is 4.74 Å². The van der Waals surface area contributed by atoms with E-state index in [1.807, 2.05) is 27.0 Å². The molecule has 1 saturated carbocycles. The standard InChI is InChI=1S/C14H24N4O2/c1-14(2,3)20-13(19)15-7-10-5-4-6-12(10)18-11-8-16-17-9-11/h8-10,12,18H,4-7H2,1-3H3,(H,15,19)(H,16,17). The van der Waals surface area contributed by atoms with E-state index in [-0.39, 0.29) is 6.09 Å². The molecule has 1 amide bonds. The van der Waals surface area contributed by atoms with Gasteiger partial charge in [-0.15, -0.1) is 0 Å². The van der Waals surface area contributed by atoms with Crippen molar-refractivity contribution in [1.29, 1.82) is 0 Å². The Bertz CT molecular complexity index is 425. The van der Waals surface area contributed by atoms with Crippen molar-refractivity contribution in [2.45, 2.75) is 51.7 Å². The molecule has 0 aliphatic heterocycles. The summed E-state index contributed by atoms with van der Waals surface area (Å²) >= 11 is 0. The van der Waals surface area contributed by atoms with Crippen LogP contribution in [0.4, 0.5) is 10.5 Å². The van der Waals surface area contributed by atoms with Crippen LogP contribution in [-0.4, -0.2) is 34.5 Å². The summed E-state index contributed by atoms with van der Waals surface area (Å²) < 4.78 is 5.25. The van der Waals surface area contributed by atoms with Gasteiger partial charge in [-0.2, -0.15) is 5.10 Å². The van der Waals surface area contributed by atoms with Gasteiger partial charge in [0.25, 0.3) is 0 Å². The molecule has 0 radical (unpaired) electrons. The maximum Gasteiger partial charge on any atom is 0.407 e. The van der Waals surface area contributed by atoms with E-state index in [2.05, 4.69) is 20.8 Å². The molecule has 1 aliphatic carbocycles. The van der Waals surface area contributed by atoms with E-state index in [0.717, 1.165) is 18.5 Å². The van der Waals surface area contributed by atoms with E-state index >= 15 is 0 Å². The highest BCUT2D eigenvalue weighted by molar-refractivity contribution is 5.67. The monoisotopic (exact) mass is 280 g/mol. The van der Waals surface area contributed by atoms with Gasteiger partial charge in [0, 0.05) is 18.8 Å². The van der Waals surface area contributed by atoms with E-state index in [1.54, 1.807) is 6.20 Å². The zero-order valence-corrected chi connectivity index (χ0v) is 12.4. The number of anilines is 1. The molecule has 1 aliphatic rings. The van der Waals surface area contributed by atoms with Crippen molar-refractivity contribution in [2.24, 2.45) is 5.92 Å². The summed E-state index contributed by atoms with van der Waals surface area (Å²) in [7, 11) is 0. The van der Waals surface area contributed by atoms with Gasteiger partial charge in [-0.25, -0.2) is 4.79 Å². The summed E-state index contributed by atoms with van der Waals surface area (Å²) in [5.74, 6) is 0.428. The van der Waals surface area contributed by atoms with Crippen LogP contribution in [0.15, 0.2) is 12.4 Å². The first-order valence-corrected chi connectivity index (χ1v) is 7.16. The third-order valence-corrected chi connectivity index (χ3v) is 3.42. The second kappa shape index (κ2) is 6.15. The smallest absolute Gasteiger partial charge is 0.407 e. The highest BCUT2D eigenvalue weighted by Crippen LogP contribution is 2.27. The molecule has 20 heavy (non-hydrogen) atoms. The fraction of sp³-hybridized carbons (Fsp3) is 0.714. The second-order valence-corrected chi connectivity index (χ2v) is 6.31. The van der Waals surface area contributed by atoms with E-state index in [9.17, 15) is 4.79 Å². The second-order valence-electron chi connectivity index (χ2n) is 6.31. The first-order chi connectivity index (χ1) is 9.44. The van der Waals surface area contributed by atoms with Crippen molar-refractivity contribution in [1.82, 2.24) is 15.5 Å². The molecular formula is C14H24N4O2. The van der Waals surface area contributed by atoms with Crippen molar-refractivity contribution in [2.75, 3.05) is 11.9 Å². The number of hydrogen-bond acceptors (Lipinski definition) is 4. The van der Waals surface area contributed by atoms with Crippen molar-refractivity contribution in [3.63, 3.8) is 0 Å². The van der Waals surface area contributed by atoms with Crippen LogP contribution in [0.2, 0.25) is 0 Å². The number of nitrogens with zero attached hydrogens (tertiary/aromatic N) is 1.